The second-order valence-electron chi connectivity index (χ2n) is 4.22. The monoisotopic (exact) mass is 209 g/mol. The van der Waals surface area contributed by atoms with E-state index < -0.39 is 6.10 Å². The number of piperidine rings is 1. The van der Waals surface area contributed by atoms with Crippen LogP contribution in [0, 0.1) is 0 Å². The van der Waals surface area contributed by atoms with Crippen molar-refractivity contribution in [2.75, 3.05) is 19.6 Å². The molecule has 1 saturated heterocycles. The smallest absolute Gasteiger partial charge is 0.132 e. The molecule has 0 saturated carbocycles. The molecule has 15 heavy (non-hydrogen) atoms. The largest absolute Gasteiger partial charge is 0.467 e. The van der Waals surface area contributed by atoms with Gasteiger partial charge in [-0.1, -0.05) is 6.42 Å². The highest BCUT2D eigenvalue weighted by Crippen LogP contribution is 2.18. The molecule has 3 heteroatoms. The van der Waals surface area contributed by atoms with Crippen LogP contribution in [0.15, 0.2) is 22.8 Å². The molecule has 0 spiro atoms. The van der Waals surface area contributed by atoms with Gasteiger partial charge in [-0.05, 0) is 44.5 Å². The number of hydrogen-bond acceptors (Lipinski definition) is 3. The van der Waals surface area contributed by atoms with Gasteiger partial charge in [-0.25, -0.2) is 0 Å². The summed E-state index contributed by atoms with van der Waals surface area (Å²) in [7, 11) is 0. The molecule has 84 valence electrons. The standard InChI is InChI=1S/C12H19NO2/c14-11(12-5-4-10-15-12)6-9-13-7-2-1-3-8-13/h4-5,10-11,14H,1-3,6-9H2. The van der Waals surface area contributed by atoms with Crippen LogP contribution in [0.4, 0.5) is 0 Å². The summed E-state index contributed by atoms with van der Waals surface area (Å²) in [5.74, 6) is 0.687. The first-order valence-electron chi connectivity index (χ1n) is 5.80. The van der Waals surface area contributed by atoms with Crippen molar-refractivity contribution < 1.29 is 9.52 Å². The number of likely N-dealkylation sites (tertiary alicyclic amines) is 1. The summed E-state index contributed by atoms with van der Waals surface area (Å²) in [4.78, 5) is 2.43. The van der Waals surface area contributed by atoms with Crippen molar-refractivity contribution in [2.24, 2.45) is 0 Å². The first-order valence-corrected chi connectivity index (χ1v) is 5.80. The Hall–Kier alpha value is -0.800. The van der Waals surface area contributed by atoms with Gasteiger partial charge in [0.05, 0.1) is 6.26 Å². The van der Waals surface area contributed by atoms with Crippen molar-refractivity contribution in [3.05, 3.63) is 24.2 Å². The molecule has 2 heterocycles. The molecule has 0 radical (unpaired) electrons. The van der Waals surface area contributed by atoms with Gasteiger partial charge in [0.15, 0.2) is 0 Å². The Balaban J connectivity index is 1.73. The summed E-state index contributed by atoms with van der Waals surface area (Å²) in [6, 6.07) is 3.65. The van der Waals surface area contributed by atoms with Gasteiger partial charge in [0.2, 0.25) is 0 Å². The summed E-state index contributed by atoms with van der Waals surface area (Å²) in [5.41, 5.74) is 0. The second-order valence-corrected chi connectivity index (χ2v) is 4.22. The second kappa shape index (κ2) is 5.33. The predicted octanol–water partition coefficient (Wildman–Crippen LogP) is 2.19. The van der Waals surface area contributed by atoms with E-state index in [1.54, 1.807) is 6.26 Å². The molecule has 1 unspecified atom stereocenters. The Morgan fingerprint density at radius 2 is 2.13 bits per heavy atom. The fourth-order valence-corrected chi connectivity index (χ4v) is 2.11. The molecule has 0 bridgehead atoms. The van der Waals surface area contributed by atoms with Crippen LogP contribution in [0.25, 0.3) is 0 Å². The van der Waals surface area contributed by atoms with Crippen molar-refractivity contribution in [3.8, 4) is 0 Å². The molecule has 1 N–H and O–H groups in total. The normalized spacial score (nSPS) is 20.3. The molecular weight excluding hydrogens is 190 g/mol. The summed E-state index contributed by atoms with van der Waals surface area (Å²) >= 11 is 0. The molecule has 0 aliphatic carbocycles. The molecule has 0 amide bonds. The summed E-state index contributed by atoms with van der Waals surface area (Å²) in [6.07, 6.45) is 5.90. The topological polar surface area (TPSA) is 36.6 Å². The van der Waals surface area contributed by atoms with Crippen LogP contribution in [0.1, 0.15) is 37.5 Å². The average Bonchev–Trinajstić information content (AvgIpc) is 2.81. The Bertz CT molecular complexity index is 265. The van der Waals surface area contributed by atoms with E-state index in [9.17, 15) is 5.11 Å². The number of aliphatic hydroxyl groups excluding tert-OH is 1. The van der Waals surface area contributed by atoms with Gasteiger partial charge in [0.25, 0.3) is 0 Å². The lowest BCUT2D eigenvalue weighted by Gasteiger charge is -2.26. The molecule has 1 aromatic heterocycles. The van der Waals surface area contributed by atoms with Crippen molar-refractivity contribution in [1.29, 1.82) is 0 Å². The molecule has 1 fully saturated rings. The zero-order valence-electron chi connectivity index (χ0n) is 9.06. The van der Waals surface area contributed by atoms with Crippen molar-refractivity contribution >= 4 is 0 Å². The number of hydrogen-bond donors (Lipinski definition) is 1. The van der Waals surface area contributed by atoms with Gasteiger partial charge in [-0.15, -0.1) is 0 Å². The zero-order valence-corrected chi connectivity index (χ0v) is 9.06. The molecule has 0 aromatic carbocycles. The fraction of sp³-hybridized carbons (Fsp3) is 0.667. The lowest BCUT2D eigenvalue weighted by Crippen LogP contribution is -2.31. The van der Waals surface area contributed by atoms with E-state index in [1.807, 2.05) is 12.1 Å². The SMILES string of the molecule is OC(CCN1CCCCC1)c1ccco1. The quantitative estimate of drug-likeness (QED) is 0.825. The molecule has 1 aliphatic rings. The van der Waals surface area contributed by atoms with Gasteiger partial charge in [-0.2, -0.15) is 0 Å². The van der Waals surface area contributed by atoms with Crippen LogP contribution in [-0.4, -0.2) is 29.6 Å². The minimum absolute atomic E-state index is 0.443. The highest BCUT2D eigenvalue weighted by molar-refractivity contribution is 5.01. The summed E-state index contributed by atoms with van der Waals surface area (Å²) in [5, 5.41) is 9.82. The number of aliphatic hydroxyl groups is 1. The molecular formula is C12H19NO2. The van der Waals surface area contributed by atoms with Crippen LogP contribution in [0.5, 0.6) is 0 Å². The van der Waals surface area contributed by atoms with Gasteiger partial charge >= 0.3 is 0 Å². The third-order valence-corrected chi connectivity index (χ3v) is 3.04. The summed E-state index contributed by atoms with van der Waals surface area (Å²) < 4.78 is 5.17. The first kappa shape index (κ1) is 10.7. The number of furan rings is 1. The number of rotatable bonds is 4. The highest BCUT2D eigenvalue weighted by Gasteiger charge is 2.14. The van der Waals surface area contributed by atoms with Gasteiger partial charge in [0, 0.05) is 6.54 Å². The van der Waals surface area contributed by atoms with E-state index in [0.717, 1.165) is 13.0 Å². The zero-order chi connectivity index (χ0) is 10.5. The van der Waals surface area contributed by atoms with Crippen molar-refractivity contribution in [2.45, 2.75) is 31.8 Å². The van der Waals surface area contributed by atoms with E-state index >= 15 is 0 Å². The lowest BCUT2D eigenvalue weighted by atomic mass is 10.1. The Morgan fingerprint density at radius 1 is 1.33 bits per heavy atom. The van der Waals surface area contributed by atoms with Crippen molar-refractivity contribution in [3.63, 3.8) is 0 Å². The maximum absolute atomic E-state index is 9.82. The Labute approximate surface area is 90.7 Å². The van der Waals surface area contributed by atoms with Gasteiger partial charge in [-0.3, -0.25) is 0 Å². The van der Waals surface area contributed by atoms with E-state index in [1.165, 1.54) is 32.4 Å². The average molecular weight is 209 g/mol. The van der Waals surface area contributed by atoms with E-state index in [2.05, 4.69) is 4.90 Å². The molecule has 1 aliphatic heterocycles. The van der Waals surface area contributed by atoms with Crippen molar-refractivity contribution in [1.82, 2.24) is 4.90 Å². The Kier molecular flexibility index (Phi) is 3.80. The molecule has 3 nitrogen and oxygen atoms in total. The highest BCUT2D eigenvalue weighted by atomic mass is 16.4. The fourth-order valence-electron chi connectivity index (χ4n) is 2.11. The van der Waals surface area contributed by atoms with Gasteiger partial charge in [0.1, 0.15) is 11.9 Å². The molecule has 1 atom stereocenters. The van der Waals surface area contributed by atoms with Gasteiger partial charge < -0.3 is 14.4 Å². The number of nitrogens with zero attached hydrogens (tertiary/aromatic N) is 1. The predicted molar refractivity (Wildman–Crippen MR) is 58.6 cm³/mol. The maximum atomic E-state index is 9.82. The van der Waals surface area contributed by atoms with E-state index in [4.69, 9.17) is 4.42 Å². The van der Waals surface area contributed by atoms with Crippen LogP contribution in [-0.2, 0) is 0 Å². The maximum Gasteiger partial charge on any atom is 0.132 e. The third-order valence-electron chi connectivity index (χ3n) is 3.04. The van der Waals surface area contributed by atoms with Crippen LogP contribution in [0.2, 0.25) is 0 Å². The van der Waals surface area contributed by atoms with Crippen LogP contribution >= 0.6 is 0 Å². The first-order chi connectivity index (χ1) is 7.36. The van der Waals surface area contributed by atoms with Crippen LogP contribution in [0.3, 0.4) is 0 Å². The Morgan fingerprint density at radius 3 is 2.80 bits per heavy atom. The van der Waals surface area contributed by atoms with Crippen LogP contribution < -0.4 is 0 Å². The van der Waals surface area contributed by atoms with E-state index in [0.29, 0.717) is 5.76 Å². The molecule has 2 rings (SSSR count). The van der Waals surface area contributed by atoms with E-state index in [-0.39, 0.29) is 0 Å². The molecule has 1 aromatic rings. The minimum Gasteiger partial charge on any atom is -0.467 e. The lowest BCUT2D eigenvalue weighted by molar-refractivity contribution is 0.114. The summed E-state index contributed by atoms with van der Waals surface area (Å²) in [6.45, 7) is 3.34. The third kappa shape index (κ3) is 3.08. The minimum atomic E-state index is -0.443.